The average Bonchev–Trinajstić information content (AvgIpc) is 2.59. The lowest BCUT2D eigenvalue weighted by Gasteiger charge is -2.48. The highest BCUT2D eigenvalue weighted by Gasteiger charge is 2.33. The van der Waals surface area contributed by atoms with Crippen LogP contribution in [0.1, 0.15) is 11.4 Å². The van der Waals surface area contributed by atoms with Gasteiger partial charge in [0.25, 0.3) is 0 Å². The van der Waals surface area contributed by atoms with E-state index in [9.17, 15) is 4.39 Å². The van der Waals surface area contributed by atoms with E-state index in [1.807, 2.05) is 25.3 Å². The number of hydrogen-bond acceptors (Lipinski definition) is 5. The molecule has 0 radical (unpaired) electrons. The fraction of sp³-hybridized carbons (Fsp3) is 0.474. The summed E-state index contributed by atoms with van der Waals surface area (Å²) in [6, 6.07) is 7.48. The van der Waals surface area contributed by atoms with Gasteiger partial charge in [-0.05, 0) is 31.2 Å². The Kier molecular flexibility index (Phi) is 4.63. The fourth-order valence-corrected chi connectivity index (χ4v) is 3.72. The van der Waals surface area contributed by atoms with E-state index in [-0.39, 0.29) is 5.82 Å². The molecule has 2 saturated heterocycles. The van der Waals surface area contributed by atoms with Crippen LogP contribution in [0.15, 0.2) is 36.7 Å². The Morgan fingerprint density at radius 2 is 1.76 bits per heavy atom. The van der Waals surface area contributed by atoms with Crippen LogP contribution in [-0.4, -0.2) is 65.1 Å². The first-order chi connectivity index (χ1) is 12.2. The lowest BCUT2D eigenvalue weighted by Crippen LogP contribution is -2.62. The van der Waals surface area contributed by atoms with Crippen molar-refractivity contribution in [3.05, 3.63) is 53.9 Å². The lowest BCUT2D eigenvalue weighted by atomic mass is 10.1. The molecule has 4 rings (SSSR count). The maximum Gasteiger partial charge on any atom is 0.123 e. The third-order valence-electron chi connectivity index (χ3n) is 5.15. The van der Waals surface area contributed by atoms with E-state index >= 15 is 0 Å². The van der Waals surface area contributed by atoms with Gasteiger partial charge in [-0.1, -0.05) is 0 Å². The summed E-state index contributed by atoms with van der Waals surface area (Å²) in [6.07, 6.45) is 3.66. The Hall–Kier alpha value is -2.05. The van der Waals surface area contributed by atoms with Gasteiger partial charge in [0.1, 0.15) is 5.82 Å². The fourth-order valence-electron chi connectivity index (χ4n) is 3.72. The van der Waals surface area contributed by atoms with Gasteiger partial charge in [0.2, 0.25) is 0 Å². The molecule has 132 valence electrons. The molecule has 6 heteroatoms. The van der Waals surface area contributed by atoms with Crippen LogP contribution in [0.5, 0.6) is 0 Å². The van der Waals surface area contributed by atoms with Crippen molar-refractivity contribution in [1.29, 1.82) is 0 Å². The number of hydrogen-bond donors (Lipinski definition) is 0. The van der Waals surface area contributed by atoms with Gasteiger partial charge in [0.15, 0.2) is 0 Å². The zero-order valence-corrected chi connectivity index (χ0v) is 14.6. The van der Waals surface area contributed by atoms with E-state index in [1.54, 1.807) is 18.3 Å². The van der Waals surface area contributed by atoms with Crippen LogP contribution in [0.4, 0.5) is 10.1 Å². The Labute approximate surface area is 148 Å². The molecule has 0 unspecified atom stereocenters. The van der Waals surface area contributed by atoms with Crippen molar-refractivity contribution in [2.45, 2.75) is 19.5 Å². The third-order valence-corrected chi connectivity index (χ3v) is 5.15. The summed E-state index contributed by atoms with van der Waals surface area (Å²) < 4.78 is 13.1. The largest absolute Gasteiger partial charge is 0.369 e. The van der Waals surface area contributed by atoms with Gasteiger partial charge in [-0.2, -0.15) is 0 Å². The van der Waals surface area contributed by atoms with Crippen LogP contribution < -0.4 is 4.90 Å². The first-order valence-electron chi connectivity index (χ1n) is 8.92. The zero-order chi connectivity index (χ0) is 17.2. The number of piperazine rings is 1. The topological polar surface area (TPSA) is 35.5 Å². The van der Waals surface area contributed by atoms with Crippen molar-refractivity contribution < 1.29 is 4.39 Å². The quantitative estimate of drug-likeness (QED) is 0.849. The second-order valence-corrected chi connectivity index (χ2v) is 7.00. The zero-order valence-electron chi connectivity index (χ0n) is 14.6. The minimum Gasteiger partial charge on any atom is -0.369 e. The summed E-state index contributed by atoms with van der Waals surface area (Å²) in [7, 11) is 0. The number of rotatable bonds is 4. The van der Waals surface area contributed by atoms with Crippen LogP contribution in [0.25, 0.3) is 0 Å². The van der Waals surface area contributed by atoms with Gasteiger partial charge in [-0.3, -0.25) is 19.8 Å². The Morgan fingerprint density at radius 1 is 1.04 bits per heavy atom. The number of nitrogens with zero attached hydrogens (tertiary/aromatic N) is 5. The number of anilines is 1. The van der Waals surface area contributed by atoms with Gasteiger partial charge in [-0.15, -0.1) is 0 Å². The van der Waals surface area contributed by atoms with E-state index in [1.165, 1.54) is 0 Å². The molecule has 0 N–H and O–H groups in total. The van der Waals surface area contributed by atoms with Crippen LogP contribution in [0.2, 0.25) is 0 Å². The van der Waals surface area contributed by atoms with E-state index in [0.717, 1.165) is 62.9 Å². The minimum atomic E-state index is -0.171. The highest BCUT2D eigenvalue weighted by Crippen LogP contribution is 2.22. The SMILES string of the molecule is Cc1cncc(CN2CC(N3CCN(c4ccc(F)cc4)CC3)C2)n1. The summed E-state index contributed by atoms with van der Waals surface area (Å²) in [4.78, 5) is 16.1. The van der Waals surface area contributed by atoms with Crippen molar-refractivity contribution in [3.63, 3.8) is 0 Å². The van der Waals surface area contributed by atoms with E-state index in [4.69, 9.17) is 0 Å². The van der Waals surface area contributed by atoms with E-state index < -0.39 is 0 Å². The number of halogens is 1. The third kappa shape index (κ3) is 3.80. The molecule has 0 amide bonds. The van der Waals surface area contributed by atoms with Crippen molar-refractivity contribution in [2.24, 2.45) is 0 Å². The first kappa shape index (κ1) is 16.4. The molecule has 0 spiro atoms. The molecule has 0 bridgehead atoms. The molecule has 1 aromatic heterocycles. The normalized spacial score (nSPS) is 19.8. The van der Waals surface area contributed by atoms with Gasteiger partial charge in [0.05, 0.1) is 11.4 Å². The molecular weight excluding hydrogens is 317 g/mol. The molecular formula is C19H24FN5. The molecule has 3 heterocycles. The molecule has 2 fully saturated rings. The highest BCUT2D eigenvalue weighted by atomic mass is 19.1. The predicted molar refractivity (Wildman–Crippen MR) is 96.0 cm³/mol. The second kappa shape index (κ2) is 7.06. The van der Waals surface area contributed by atoms with Gasteiger partial charge >= 0.3 is 0 Å². The van der Waals surface area contributed by atoms with Crippen LogP contribution in [0, 0.1) is 12.7 Å². The minimum absolute atomic E-state index is 0.171. The van der Waals surface area contributed by atoms with Crippen LogP contribution in [0.3, 0.4) is 0 Å². The van der Waals surface area contributed by atoms with Gasteiger partial charge < -0.3 is 4.90 Å². The average molecular weight is 341 g/mol. The number of aryl methyl sites for hydroxylation is 1. The number of benzene rings is 1. The second-order valence-electron chi connectivity index (χ2n) is 7.00. The standard InChI is InChI=1S/C19H24FN5/c1-15-10-21-11-17(22-15)12-23-13-19(14-23)25-8-6-24(7-9-25)18-4-2-16(20)3-5-18/h2-5,10-11,19H,6-9,12-14H2,1H3. The summed E-state index contributed by atoms with van der Waals surface area (Å²) in [6.45, 7) is 9.23. The summed E-state index contributed by atoms with van der Waals surface area (Å²) >= 11 is 0. The van der Waals surface area contributed by atoms with Crippen molar-refractivity contribution >= 4 is 5.69 Å². The predicted octanol–water partition coefficient (Wildman–Crippen LogP) is 1.93. The van der Waals surface area contributed by atoms with Crippen molar-refractivity contribution in [3.8, 4) is 0 Å². The monoisotopic (exact) mass is 341 g/mol. The summed E-state index contributed by atoms with van der Waals surface area (Å²) in [5.74, 6) is -0.171. The van der Waals surface area contributed by atoms with E-state index in [0.29, 0.717) is 6.04 Å². The van der Waals surface area contributed by atoms with Crippen molar-refractivity contribution in [2.75, 3.05) is 44.2 Å². The Balaban J connectivity index is 1.24. The molecule has 2 aliphatic rings. The molecule has 2 aromatic rings. The number of aromatic nitrogens is 2. The molecule has 5 nitrogen and oxygen atoms in total. The Morgan fingerprint density at radius 3 is 2.44 bits per heavy atom. The Bertz CT molecular complexity index is 706. The van der Waals surface area contributed by atoms with E-state index in [2.05, 4.69) is 24.7 Å². The van der Waals surface area contributed by atoms with Crippen molar-refractivity contribution in [1.82, 2.24) is 19.8 Å². The molecule has 1 aromatic carbocycles. The molecule has 0 atom stereocenters. The molecule has 0 aliphatic carbocycles. The first-order valence-corrected chi connectivity index (χ1v) is 8.92. The number of likely N-dealkylation sites (tertiary alicyclic amines) is 1. The van der Waals surface area contributed by atoms with Gasteiger partial charge in [-0.25, -0.2) is 4.39 Å². The van der Waals surface area contributed by atoms with Crippen LogP contribution >= 0.6 is 0 Å². The smallest absolute Gasteiger partial charge is 0.123 e. The van der Waals surface area contributed by atoms with Crippen LogP contribution in [-0.2, 0) is 6.54 Å². The molecule has 25 heavy (non-hydrogen) atoms. The summed E-state index contributed by atoms with van der Waals surface area (Å²) in [5, 5.41) is 0. The molecule has 2 aliphatic heterocycles. The highest BCUT2D eigenvalue weighted by molar-refractivity contribution is 5.46. The maximum atomic E-state index is 13.1. The lowest BCUT2D eigenvalue weighted by molar-refractivity contribution is 0.0248. The maximum absolute atomic E-state index is 13.1. The molecule has 0 saturated carbocycles. The van der Waals surface area contributed by atoms with Gasteiger partial charge in [0, 0.05) is 69.9 Å². The summed E-state index contributed by atoms with van der Waals surface area (Å²) in [5.41, 5.74) is 3.15.